The van der Waals surface area contributed by atoms with E-state index in [2.05, 4.69) is 0 Å². The number of carbonyl (C=O) groups excluding carboxylic acids is 1. The van der Waals surface area contributed by atoms with Crippen molar-refractivity contribution in [1.82, 2.24) is 4.90 Å². The maximum absolute atomic E-state index is 12.7. The molecule has 2 rings (SSSR count). The molecule has 1 atom stereocenters. The van der Waals surface area contributed by atoms with Gasteiger partial charge in [0, 0.05) is 18.7 Å². The van der Waals surface area contributed by atoms with E-state index < -0.39 is 11.9 Å². The molecule has 7 heteroatoms. The molecular formula is C17H22ClNO5. The highest BCUT2D eigenvalue weighted by molar-refractivity contribution is 6.32. The number of hydrogen-bond donors (Lipinski definition) is 1. The Balaban J connectivity index is 2.23. The number of aliphatic carboxylic acids is 1. The fourth-order valence-corrected chi connectivity index (χ4v) is 3.00. The highest BCUT2D eigenvalue weighted by Crippen LogP contribution is 2.37. The van der Waals surface area contributed by atoms with Gasteiger partial charge in [0.05, 0.1) is 24.7 Å². The van der Waals surface area contributed by atoms with Crippen molar-refractivity contribution in [3.8, 4) is 11.5 Å². The number of nitrogens with zero attached hydrogens (tertiary/aromatic N) is 1. The van der Waals surface area contributed by atoms with E-state index in [4.69, 9.17) is 26.2 Å². The second-order valence-electron chi connectivity index (χ2n) is 5.77. The van der Waals surface area contributed by atoms with Crippen LogP contribution < -0.4 is 9.47 Å². The van der Waals surface area contributed by atoms with Crippen LogP contribution in [0.5, 0.6) is 11.5 Å². The topological polar surface area (TPSA) is 76.1 Å². The Kier molecular flexibility index (Phi) is 6.31. The van der Waals surface area contributed by atoms with Crippen LogP contribution in [0.3, 0.4) is 0 Å². The van der Waals surface area contributed by atoms with Crippen LogP contribution in [0.2, 0.25) is 5.02 Å². The zero-order valence-electron chi connectivity index (χ0n) is 13.9. The summed E-state index contributed by atoms with van der Waals surface area (Å²) in [6.07, 6.45) is 2.09. The summed E-state index contributed by atoms with van der Waals surface area (Å²) in [5.74, 6) is -0.826. The van der Waals surface area contributed by atoms with Crippen LogP contribution in [0.25, 0.3) is 0 Å². The van der Waals surface area contributed by atoms with Crippen molar-refractivity contribution in [1.29, 1.82) is 0 Å². The van der Waals surface area contributed by atoms with Crippen LogP contribution in [0, 0.1) is 5.92 Å². The molecule has 1 aromatic carbocycles. The second-order valence-corrected chi connectivity index (χ2v) is 6.17. The lowest BCUT2D eigenvalue weighted by Gasteiger charge is -2.31. The number of carboxylic acids is 1. The van der Waals surface area contributed by atoms with Crippen molar-refractivity contribution >= 4 is 23.5 Å². The Morgan fingerprint density at radius 1 is 1.42 bits per heavy atom. The van der Waals surface area contributed by atoms with Gasteiger partial charge < -0.3 is 19.5 Å². The lowest BCUT2D eigenvalue weighted by atomic mass is 9.97. The molecule has 0 unspecified atom stereocenters. The number of likely N-dealkylation sites (tertiary alicyclic amines) is 1. The molecule has 1 N–H and O–H groups in total. The summed E-state index contributed by atoms with van der Waals surface area (Å²) >= 11 is 6.24. The quantitative estimate of drug-likeness (QED) is 0.848. The Morgan fingerprint density at radius 3 is 2.79 bits per heavy atom. The molecule has 1 fully saturated rings. The van der Waals surface area contributed by atoms with Gasteiger partial charge in [-0.05, 0) is 31.4 Å². The van der Waals surface area contributed by atoms with E-state index in [0.717, 1.165) is 6.42 Å². The molecule has 24 heavy (non-hydrogen) atoms. The summed E-state index contributed by atoms with van der Waals surface area (Å²) in [5, 5.41) is 9.46. The van der Waals surface area contributed by atoms with Gasteiger partial charge in [-0.25, -0.2) is 0 Å². The molecule has 1 aliphatic heterocycles. The Bertz CT molecular complexity index is 619. The lowest BCUT2D eigenvalue weighted by molar-refractivity contribution is -0.143. The predicted molar refractivity (Wildman–Crippen MR) is 90.1 cm³/mol. The average Bonchev–Trinajstić information content (AvgIpc) is 2.59. The van der Waals surface area contributed by atoms with Gasteiger partial charge >= 0.3 is 5.97 Å². The molecule has 1 amide bonds. The highest BCUT2D eigenvalue weighted by Gasteiger charge is 2.29. The van der Waals surface area contributed by atoms with Gasteiger partial charge in [-0.2, -0.15) is 0 Å². The van der Waals surface area contributed by atoms with Gasteiger partial charge in [0.1, 0.15) is 0 Å². The van der Waals surface area contributed by atoms with Crippen molar-refractivity contribution < 1.29 is 24.2 Å². The SMILES string of the molecule is CCCOc1c(Cl)cc(C(=O)N2CCC[C@@H](C(=O)O)C2)cc1OC. The fourth-order valence-electron chi connectivity index (χ4n) is 2.73. The van der Waals surface area contributed by atoms with Crippen molar-refractivity contribution in [3.63, 3.8) is 0 Å². The first-order valence-corrected chi connectivity index (χ1v) is 8.38. The Hall–Kier alpha value is -1.95. The minimum Gasteiger partial charge on any atom is -0.493 e. The molecule has 0 aliphatic carbocycles. The number of carboxylic acid groups (broad SMARTS) is 1. The standard InChI is InChI=1S/C17H22ClNO5/c1-3-7-24-15-13(18)8-12(9-14(15)23-2)16(20)19-6-4-5-11(10-19)17(21)22/h8-9,11H,3-7,10H2,1-2H3,(H,21,22)/t11-/m1/s1. The number of methoxy groups -OCH3 is 1. The first-order chi connectivity index (χ1) is 11.5. The number of piperidine rings is 1. The largest absolute Gasteiger partial charge is 0.493 e. The van der Waals surface area contributed by atoms with Gasteiger partial charge in [-0.15, -0.1) is 0 Å². The van der Waals surface area contributed by atoms with Crippen LogP contribution >= 0.6 is 11.6 Å². The summed E-state index contributed by atoms with van der Waals surface area (Å²) in [6.45, 7) is 3.22. The van der Waals surface area contributed by atoms with E-state index >= 15 is 0 Å². The zero-order valence-corrected chi connectivity index (χ0v) is 14.6. The van der Waals surface area contributed by atoms with Crippen LogP contribution in [-0.2, 0) is 4.79 Å². The highest BCUT2D eigenvalue weighted by atomic mass is 35.5. The van der Waals surface area contributed by atoms with Gasteiger partial charge in [-0.3, -0.25) is 9.59 Å². The number of ether oxygens (including phenoxy) is 2. The third kappa shape index (κ3) is 4.12. The molecular weight excluding hydrogens is 334 g/mol. The summed E-state index contributed by atoms with van der Waals surface area (Å²) in [7, 11) is 1.49. The molecule has 1 heterocycles. The van der Waals surface area contributed by atoms with E-state index in [1.54, 1.807) is 17.0 Å². The fraction of sp³-hybridized carbons (Fsp3) is 0.529. The predicted octanol–water partition coefficient (Wildman–Crippen LogP) is 3.07. The first-order valence-electron chi connectivity index (χ1n) is 8.00. The minimum atomic E-state index is -0.869. The van der Waals surface area contributed by atoms with Gasteiger partial charge in [0.25, 0.3) is 5.91 Å². The van der Waals surface area contributed by atoms with Gasteiger partial charge in [0.15, 0.2) is 11.5 Å². The maximum atomic E-state index is 12.7. The second kappa shape index (κ2) is 8.24. The van der Waals surface area contributed by atoms with Crippen molar-refractivity contribution in [3.05, 3.63) is 22.7 Å². The monoisotopic (exact) mass is 355 g/mol. The number of hydrogen-bond acceptors (Lipinski definition) is 4. The Morgan fingerprint density at radius 2 is 2.17 bits per heavy atom. The number of rotatable bonds is 6. The van der Waals surface area contributed by atoms with Crippen molar-refractivity contribution in [2.24, 2.45) is 5.92 Å². The zero-order chi connectivity index (χ0) is 17.7. The lowest BCUT2D eigenvalue weighted by Crippen LogP contribution is -2.42. The van der Waals surface area contributed by atoms with Crippen molar-refractivity contribution in [2.45, 2.75) is 26.2 Å². The molecule has 0 aromatic heterocycles. The molecule has 132 valence electrons. The van der Waals surface area contributed by atoms with E-state index in [1.165, 1.54) is 7.11 Å². The number of halogens is 1. The van der Waals surface area contributed by atoms with Crippen LogP contribution in [0.4, 0.5) is 0 Å². The minimum absolute atomic E-state index is 0.211. The third-order valence-corrected chi connectivity index (χ3v) is 4.27. The summed E-state index contributed by atoms with van der Waals surface area (Å²) in [6, 6.07) is 3.13. The summed E-state index contributed by atoms with van der Waals surface area (Å²) < 4.78 is 10.9. The normalized spacial score (nSPS) is 17.5. The number of carbonyl (C=O) groups is 2. The van der Waals surface area contributed by atoms with Crippen LogP contribution in [0.15, 0.2) is 12.1 Å². The van der Waals surface area contributed by atoms with Crippen LogP contribution in [0.1, 0.15) is 36.5 Å². The molecule has 0 radical (unpaired) electrons. The summed E-state index contributed by atoms with van der Waals surface area (Å²) in [5.41, 5.74) is 0.367. The van der Waals surface area contributed by atoms with E-state index in [1.807, 2.05) is 6.92 Å². The van der Waals surface area contributed by atoms with Crippen molar-refractivity contribution in [2.75, 3.05) is 26.8 Å². The van der Waals surface area contributed by atoms with E-state index in [-0.39, 0.29) is 12.5 Å². The Labute approximate surface area is 146 Å². The molecule has 0 spiro atoms. The average molecular weight is 356 g/mol. The molecule has 1 aromatic rings. The first kappa shape index (κ1) is 18.4. The molecule has 6 nitrogen and oxygen atoms in total. The maximum Gasteiger partial charge on any atom is 0.308 e. The molecule has 0 bridgehead atoms. The number of benzene rings is 1. The summed E-state index contributed by atoms with van der Waals surface area (Å²) in [4.78, 5) is 25.4. The van der Waals surface area contributed by atoms with E-state index in [9.17, 15) is 9.59 Å². The number of amides is 1. The van der Waals surface area contributed by atoms with Gasteiger partial charge in [0.2, 0.25) is 0 Å². The van der Waals surface area contributed by atoms with E-state index in [0.29, 0.717) is 48.1 Å². The third-order valence-electron chi connectivity index (χ3n) is 3.98. The smallest absolute Gasteiger partial charge is 0.308 e. The van der Waals surface area contributed by atoms with Crippen LogP contribution in [-0.4, -0.2) is 48.7 Å². The molecule has 1 saturated heterocycles. The molecule has 1 aliphatic rings. The van der Waals surface area contributed by atoms with Gasteiger partial charge in [-0.1, -0.05) is 18.5 Å². The molecule has 0 saturated carbocycles.